The van der Waals surface area contributed by atoms with Gasteiger partial charge in [-0.25, -0.2) is 5.43 Å². The zero-order valence-electron chi connectivity index (χ0n) is 14.1. The van der Waals surface area contributed by atoms with E-state index in [0.29, 0.717) is 42.9 Å². The van der Waals surface area contributed by atoms with Gasteiger partial charge in [-0.3, -0.25) is 4.79 Å². The van der Waals surface area contributed by atoms with Crippen molar-refractivity contribution < 1.29 is 13.9 Å². The van der Waals surface area contributed by atoms with E-state index in [4.69, 9.17) is 55.6 Å². The van der Waals surface area contributed by atoms with Crippen LogP contribution in [0, 0.1) is 0 Å². The van der Waals surface area contributed by atoms with Crippen LogP contribution in [0.5, 0.6) is 5.75 Å². The lowest BCUT2D eigenvalue weighted by atomic mass is 10.2. The molecule has 0 fully saturated rings. The zero-order valence-corrected chi connectivity index (χ0v) is 17.1. The van der Waals surface area contributed by atoms with Gasteiger partial charge in [-0.1, -0.05) is 52.5 Å². The topological polar surface area (TPSA) is 63.8 Å². The molecule has 0 spiro atoms. The highest BCUT2D eigenvalue weighted by Crippen LogP contribution is 2.34. The molecule has 3 rings (SSSR count). The Kier molecular flexibility index (Phi) is 6.86. The van der Waals surface area contributed by atoms with Crippen molar-refractivity contribution in [3.8, 4) is 17.1 Å². The largest absolute Gasteiger partial charge is 0.482 e. The van der Waals surface area contributed by atoms with E-state index in [1.54, 1.807) is 42.5 Å². The first-order chi connectivity index (χ1) is 13.4. The van der Waals surface area contributed by atoms with Gasteiger partial charge >= 0.3 is 0 Å². The molecular weight excluding hydrogens is 446 g/mol. The van der Waals surface area contributed by atoms with Crippen molar-refractivity contribution in [1.82, 2.24) is 5.43 Å². The molecule has 0 saturated carbocycles. The van der Waals surface area contributed by atoms with Gasteiger partial charge in [0, 0.05) is 10.6 Å². The fraction of sp³-hybridized carbons (Fsp3) is 0.0526. The first-order valence-corrected chi connectivity index (χ1v) is 9.39. The van der Waals surface area contributed by atoms with E-state index in [2.05, 4.69) is 10.5 Å². The molecule has 0 aliphatic rings. The van der Waals surface area contributed by atoms with Crippen molar-refractivity contribution in [3.05, 3.63) is 74.4 Å². The van der Waals surface area contributed by atoms with Gasteiger partial charge in [-0.2, -0.15) is 5.10 Å². The molecule has 0 unspecified atom stereocenters. The Balaban J connectivity index is 1.55. The molecule has 1 amide bonds. The van der Waals surface area contributed by atoms with Crippen LogP contribution in [0.15, 0.2) is 58.0 Å². The quantitative estimate of drug-likeness (QED) is 0.359. The molecule has 1 aromatic heterocycles. The van der Waals surface area contributed by atoms with Crippen LogP contribution in [0.1, 0.15) is 5.76 Å². The summed E-state index contributed by atoms with van der Waals surface area (Å²) in [5.74, 6) is 0.834. The van der Waals surface area contributed by atoms with Crippen LogP contribution in [-0.4, -0.2) is 18.7 Å². The van der Waals surface area contributed by atoms with Gasteiger partial charge in [0.15, 0.2) is 6.61 Å². The lowest BCUT2D eigenvalue weighted by Gasteiger charge is -2.06. The number of carbonyl (C=O) groups is 1. The zero-order chi connectivity index (χ0) is 20.1. The predicted octanol–water partition coefficient (Wildman–Crippen LogP) is 6.09. The second-order valence-corrected chi connectivity index (χ2v) is 7.09. The maximum atomic E-state index is 11.8. The molecule has 0 radical (unpaired) electrons. The molecule has 1 N–H and O–H groups in total. The van der Waals surface area contributed by atoms with Crippen LogP contribution in [0.3, 0.4) is 0 Å². The summed E-state index contributed by atoms with van der Waals surface area (Å²) < 4.78 is 11.0. The number of carbonyl (C=O) groups excluding carboxylic acids is 1. The first kappa shape index (κ1) is 20.6. The molecule has 1 heterocycles. The normalized spacial score (nSPS) is 11.0. The minimum absolute atomic E-state index is 0.264. The molecule has 0 aliphatic carbocycles. The third-order valence-corrected chi connectivity index (χ3v) is 4.83. The fourth-order valence-corrected chi connectivity index (χ4v) is 3.05. The first-order valence-electron chi connectivity index (χ1n) is 7.88. The highest BCUT2D eigenvalue weighted by atomic mass is 35.5. The average molecular weight is 458 g/mol. The maximum Gasteiger partial charge on any atom is 0.277 e. The molecular formula is C19H12Cl4N2O3. The van der Waals surface area contributed by atoms with Crippen molar-refractivity contribution in [2.75, 3.05) is 6.61 Å². The summed E-state index contributed by atoms with van der Waals surface area (Å²) in [6, 6.07) is 13.4. The highest BCUT2D eigenvalue weighted by molar-refractivity contribution is 6.43. The molecule has 0 saturated heterocycles. The lowest BCUT2D eigenvalue weighted by Crippen LogP contribution is -2.24. The van der Waals surface area contributed by atoms with Gasteiger partial charge in [0.25, 0.3) is 5.91 Å². The van der Waals surface area contributed by atoms with E-state index >= 15 is 0 Å². The summed E-state index contributed by atoms with van der Waals surface area (Å²) in [5, 5.41) is 5.44. The number of nitrogens with one attached hydrogen (secondary N) is 1. The SMILES string of the molecule is O=C(COc1ccc(Cl)cc1Cl)N/N=C/c1ccc(-c2cccc(Cl)c2Cl)o1. The lowest BCUT2D eigenvalue weighted by molar-refractivity contribution is -0.123. The van der Waals surface area contributed by atoms with E-state index < -0.39 is 5.91 Å². The van der Waals surface area contributed by atoms with Crippen molar-refractivity contribution in [2.24, 2.45) is 5.10 Å². The van der Waals surface area contributed by atoms with E-state index in [9.17, 15) is 4.79 Å². The fourth-order valence-electron chi connectivity index (χ4n) is 2.20. The number of nitrogens with zero attached hydrogens (tertiary/aromatic N) is 1. The van der Waals surface area contributed by atoms with Gasteiger partial charge < -0.3 is 9.15 Å². The molecule has 0 bridgehead atoms. The minimum atomic E-state index is -0.466. The third-order valence-electron chi connectivity index (χ3n) is 3.48. The van der Waals surface area contributed by atoms with Crippen molar-refractivity contribution >= 4 is 58.5 Å². The number of hydrogen-bond donors (Lipinski definition) is 1. The molecule has 5 nitrogen and oxygen atoms in total. The number of rotatable bonds is 6. The summed E-state index contributed by atoms with van der Waals surface area (Å²) in [6.07, 6.45) is 1.36. The number of hydrazone groups is 1. The summed E-state index contributed by atoms with van der Waals surface area (Å²) in [4.78, 5) is 11.8. The maximum absolute atomic E-state index is 11.8. The van der Waals surface area contributed by atoms with Crippen LogP contribution in [-0.2, 0) is 4.79 Å². The molecule has 9 heteroatoms. The number of hydrogen-bond acceptors (Lipinski definition) is 4. The predicted molar refractivity (Wildman–Crippen MR) is 112 cm³/mol. The summed E-state index contributed by atoms with van der Waals surface area (Å²) in [5.41, 5.74) is 2.99. The van der Waals surface area contributed by atoms with E-state index in [1.807, 2.05) is 0 Å². The number of amides is 1. The van der Waals surface area contributed by atoms with E-state index in [1.165, 1.54) is 12.3 Å². The summed E-state index contributed by atoms with van der Waals surface area (Å²) in [7, 11) is 0. The van der Waals surface area contributed by atoms with Gasteiger partial charge in [0.1, 0.15) is 17.3 Å². The van der Waals surface area contributed by atoms with Gasteiger partial charge in [0.05, 0.1) is 21.3 Å². The molecule has 144 valence electrons. The van der Waals surface area contributed by atoms with Crippen molar-refractivity contribution in [3.63, 3.8) is 0 Å². The number of ether oxygens (including phenoxy) is 1. The smallest absolute Gasteiger partial charge is 0.277 e. The summed E-state index contributed by atoms with van der Waals surface area (Å²) >= 11 is 24.0. The Labute approximate surface area is 180 Å². The van der Waals surface area contributed by atoms with E-state index in [-0.39, 0.29) is 6.61 Å². The van der Waals surface area contributed by atoms with Crippen molar-refractivity contribution in [2.45, 2.75) is 0 Å². The van der Waals surface area contributed by atoms with Gasteiger partial charge in [-0.15, -0.1) is 0 Å². The van der Waals surface area contributed by atoms with Crippen LogP contribution < -0.4 is 10.2 Å². The Hall–Kier alpha value is -2.18. The third kappa shape index (κ3) is 5.20. The molecule has 0 aliphatic heterocycles. The van der Waals surface area contributed by atoms with Crippen LogP contribution in [0.25, 0.3) is 11.3 Å². The summed E-state index contributed by atoms with van der Waals surface area (Å²) in [6.45, 7) is -0.264. The number of furan rings is 1. The second-order valence-electron chi connectivity index (χ2n) is 5.46. The Morgan fingerprint density at radius 1 is 1.07 bits per heavy atom. The van der Waals surface area contributed by atoms with E-state index in [0.717, 1.165) is 0 Å². The minimum Gasteiger partial charge on any atom is -0.482 e. The molecule has 2 aromatic carbocycles. The van der Waals surface area contributed by atoms with Crippen LogP contribution in [0.4, 0.5) is 0 Å². The standard InChI is InChI=1S/C19H12Cl4N2O3/c20-11-4-6-17(15(22)8-11)27-10-18(26)25-24-9-12-5-7-16(28-12)13-2-1-3-14(21)19(13)23/h1-9H,10H2,(H,25,26)/b24-9+. The monoisotopic (exact) mass is 456 g/mol. The van der Waals surface area contributed by atoms with Crippen molar-refractivity contribution in [1.29, 1.82) is 0 Å². The Morgan fingerprint density at radius 2 is 1.89 bits per heavy atom. The number of benzene rings is 2. The van der Waals surface area contributed by atoms with Crippen LogP contribution in [0.2, 0.25) is 20.1 Å². The molecule has 3 aromatic rings. The number of halogens is 4. The highest BCUT2D eigenvalue weighted by Gasteiger charge is 2.10. The van der Waals surface area contributed by atoms with Gasteiger partial charge in [-0.05, 0) is 42.5 Å². The molecule has 0 atom stereocenters. The second kappa shape index (κ2) is 9.34. The Bertz CT molecular complexity index is 1030. The Morgan fingerprint density at radius 3 is 2.68 bits per heavy atom. The van der Waals surface area contributed by atoms with Crippen LogP contribution >= 0.6 is 46.4 Å². The average Bonchev–Trinajstić information content (AvgIpc) is 3.12. The van der Waals surface area contributed by atoms with Gasteiger partial charge in [0.2, 0.25) is 0 Å². The molecule has 28 heavy (non-hydrogen) atoms.